The summed E-state index contributed by atoms with van der Waals surface area (Å²) in [5.74, 6) is 0.803. The number of allylic oxidation sites excluding steroid dienone is 1. The lowest BCUT2D eigenvalue weighted by Crippen LogP contribution is -2.28. The van der Waals surface area contributed by atoms with Gasteiger partial charge in [0.05, 0.1) is 6.04 Å². The van der Waals surface area contributed by atoms with Gasteiger partial charge in [-0.3, -0.25) is 14.6 Å². The van der Waals surface area contributed by atoms with Crippen LogP contribution in [0.3, 0.4) is 0 Å². The molecule has 0 unspecified atom stereocenters. The molecule has 1 heterocycles. The van der Waals surface area contributed by atoms with Gasteiger partial charge in [-0.2, -0.15) is 0 Å². The van der Waals surface area contributed by atoms with Crippen molar-refractivity contribution in [1.82, 2.24) is 5.32 Å². The Hall–Kier alpha value is -1.79. The van der Waals surface area contributed by atoms with Gasteiger partial charge in [-0.15, -0.1) is 0 Å². The Morgan fingerprint density at radius 3 is 2.76 bits per heavy atom. The first-order chi connectivity index (χ1) is 12.1. The number of hydrogen-bond acceptors (Lipinski definition) is 4. The molecular formula is C18H18ClN3O2S. The summed E-state index contributed by atoms with van der Waals surface area (Å²) in [4.78, 5) is 29.0. The number of thioether (sulfide) groups is 1. The molecule has 0 aromatic heterocycles. The second kappa shape index (κ2) is 6.84. The topological polar surface area (TPSA) is 70.6 Å². The molecule has 4 rings (SSSR count). The molecule has 2 aliphatic carbocycles. The molecule has 130 valence electrons. The average Bonchev–Trinajstić information content (AvgIpc) is 3.27. The lowest BCUT2D eigenvalue weighted by molar-refractivity contribution is -0.122. The van der Waals surface area contributed by atoms with Crippen LogP contribution in [-0.4, -0.2) is 28.3 Å². The van der Waals surface area contributed by atoms with Crippen molar-refractivity contribution in [3.05, 3.63) is 41.4 Å². The fourth-order valence-electron chi connectivity index (χ4n) is 3.57. The molecule has 25 heavy (non-hydrogen) atoms. The van der Waals surface area contributed by atoms with Gasteiger partial charge in [-0.05, 0) is 48.9 Å². The predicted octanol–water partition coefficient (Wildman–Crippen LogP) is 3.22. The van der Waals surface area contributed by atoms with Crippen LogP contribution in [0.15, 0.2) is 41.4 Å². The summed E-state index contributed by atoms with van der Waals surface area (Å²) in [6.45, 7) is 0. The molecule has 4 atom stereocenters. The van der Waals surface area contributed by atoms with Crippen molar-refractivity contribution < 1.29 is 9.59 Å². The highest BCUT2D eigenvalue weighted by molar-refractivity contribution is 8.15. The number of nitrogens with zero attached hydrogens (tertiary/aromatic N) is 1. The number of halogens is 1. The first-order valence-corrected chi connectivity index (χ1v) is 9.61. The molecule has 3 aliphatic rings. The number of hydrogen-bond donors (Lipinski definition) is 2. The molecule has 2 N–H and O–H groups in total. The van der Waals surface area contributed by atoms with E-state index in [1.54, 1.807) is 24.3 Å². The van der Waals surface area contributed by atoms with E-state index in [9.17, 15) is 9.59 Å². The standard InChI is InChI=1S/C18H18ClN3O2S/c19-12-3-5-13(6-4-12)20-16(23)9-15-17(24)22-18(25-15)21-14-8-10-1-2-11(14)7-10/h1-6,10-11,14-15H,7-9H2,(H,20,23)(H,21,22,24)/t10-,11+,14+,15-/m0/s1. The Morgan fingerprint density at radius 2 is 2.08 bits per heavy atom. The van der Waals surface area contributed by atoms with Crippen LogP contribution in [-0.2, 0) is 9.59 Å². The number of fused-ring (bicyclic) bond motifs is 2. The summed E-state index contributed by atoms with van der Waals surface area (Å²) in [7, 11) is 0. The number of carbonyl (C=O) groups excluding carboxylic acids is 2. The first-order valence-electron chi connectivity index (χ1n) is 8.36. The summed E-state index contributed by atoms with van der Waals surface area (Å²) in [5.41, 5.74) is 0.667. The van der Waals surface area contributed by atoms with E-state index in [2.05, 4.69) is 22.8 Å². The van der Waals surface area contributed by atoms with Crippen LogP contribution in [0.5, 0.6) is 0 Å². The summed E-state index contributed by atoms with van der Waals surface area (Å²) in [6, 6.07) is 7.15. The van der Waals surface area contributed by atoms with E-state index in [1.165, 1.54) is 18.2 Å². The maximum Gasteiger partial charge on any atom is 0.240 e. The fraction of sp³-hybridized carbons (Fsp3) is 0.389. The molecule has 1 aromatic carbocycles. The zero-order valence-corrected chi connectivity index (χ0v) is 15.0. The zero-order valence-electron chi connectivity index (χ0n) is 13.4. The van der Waals surface area contributed by atoms with E-state index in [-0.39, 0.29) is 24.3 Å². The predicted molar refractivity (Wildman–Crippen MR) is 101 cm³/mol. The van der Waals surface area contributed by atoms with Gasteiger partial charge in [0.15, 0.2) is 5.17 Å². The van der Waals surface area contributed by atoms with E-state index in [0.717, 1.165) is 6.42 Å². The molecule has 2 fully saturated rings. The highest BCUT2D eigenvalue weighted by Crippen LogP contribution is 2.41. The van der Waals surface area contributed by atoms with E-state index < -0.39 is 5.25 Å². The maximum atomic E-state index is 12.2. The van der Waals surface area contributed by atoms with Crippen molar-refractivity contribution in [2.24, 2.45) is 16.8 Å². The van der Waals surface area contributed by atoms with Crippen LogP contribution < -0.4 is 10.6 Å². The molecule has 7 heteroatoms. The van der Waals surface area contributed by atoms with E-state index >= 15 is 0 Å². The van der Waals surface area contributed by atoms with Crippen LogP contribution in [0, 0.1) is 11.8 Å². The number of carbonyl (C=O) groups is 2. The molecule has 1 aliphatic heterocycles. The summed E-state index contributed by atoms with van der Waals surface area (Å²) >= 11 is 7.19. The van der Waals surface area contributed by atoms with Crippen molar-refractivity contribution in [2.75, 3.05) is 5.32 Å². The Balaban J connectivity index is 1.33. The fourth-order valence-corrected chi connectivity index (χ4v) is 4.72. The number of amidine groups is 1. The highest BCUT2D eigenvalue weighted by atomic mass is 35.5. The van der Waals surface area contributed by atoms with Crippen LogP contribution in [0.25, 0.3) is 0 Å². The van der Waals surface area contributed by atoms with E-state index in [4.69, 9.17) is 16.6 Å². The number of rotatable bonds is 4. The third-order valence-electron chi connectivity index (χ3n) is 4.80. The van der Waals surface area contributed by atoms with Crippen LogP contribution in [0.2, 0.25) is 5.02 Å². The molecular weight excluding hydrogens is 358 g/mol. The molecule has 2 bridgehead atoms. The van der Waals surface area contributed by atoms with Gasteiger partial charge >= 0.3 is 0 Å². The first kappa shape index (κ1) is 16.7. The monoisotopic (exact) mass is 375 g/mol. The smallest absolute Gasteiger partial charge is 0.240 e. The van der Waals surface area contributed by atoms with Crippen molar-refractivity contribution in [3.63, 3.8) is 0 Å². The van der Waals surface area contributed by atoms with Crippen LogP contribution in [0.1, 0.15) is 19.3 Å². The molecule has 1 saturated heterocycles. The van der Waals surface area contributed by atoms with Crippen LogP contribution in [0.4, 0.5) is 5.69 Å². The van der Waals surface area contributed by atoms with Crippen molar-refractivity contribution in [1.29, 1.82) is 0 Å². The van der Waals surface area contributed by atoms with Gasteiger partial charge in [0, 0.05) is 17.1 Å². The Kier molecular flexibility index (Phi) is 4.56. The van der Waals surface area contributed by atoms with Gasteiger partial charge in [0.1, 0.15) is 5.25 Å². The summed E-state index contributed by atoms with van der Waals surface area (Å²) in [5, 5.41) is 6.44. The zero-order chi connectivity index (χ0) is 17.4. The van der Waals surface area contributed by atoms with Crippen molar-refractivity contribution in [3.8, 4) is 0 Å². The largest absolute Gasteiger partial charge is 0.326 e. The molecule has 1 aromatic rings. The molecule has 5 nitrogen and oxygen atoms in total. The van der Waals surface area contributed by atoms with Crippen molar-refractivity contribution in [2.45, 2.75) is 30.6 Å². The van der Waals surface area contributed by atoms with Gasteiger partial charge in [0.2, 0.25) is 11.8 Å². The van der Waals surface area contributed by atoms with Gasteiger partial charge < -0.3 is 10.6 Å². The Morgan fingerprint density at radius 1 is 1.28 bits per heavy atom. The minimum Gasteiger partial charge on any atom is -0.326 e. The Labute approximate surface area is 155 Å². The van der Waals surface area contributed by atoms with Crippen LogP contribution >= 0.6 is 23.4 Å². The molecule has 1 saturated carbocycles. The SMILES string of the molecule is O=C(C[C@@H]1SC(=N[C@@H]2C[C@H]3C=C[C@@H]2C3)NC1=O)Nc1ccc(Cl)cc1. The third-order valence-corrected chi connectivity index (χ3v) is 6.15. The Bertz CT molecular complexity index is 762. The van der Waals surface area contributed by atoms with Gasteiger partial charge in [-0.1, -0.05) is 35.5 Å². The summed E-state index contributed by atoms with van der Waals surface area (Å²) < 4.78 is 0. The molecule has 2 amide bonds. The number of nitrogens with one attached hydrogen (secondary N) is 2. The van der Waals surface area contributed by atoms with Gasteiger partial charge in [0.25, 0.3) is 0 Å². The lowest BCUT2D eigenvalue weighted by Gasteiger charge is -2.13. The van der Waals surface area contributed by atoms with Gasteiger partial charge in [-0.25, -0.2) is 0 Å². The molecule has 0 spiro atoms. The second-order valence-corrected chi connectivity index (χ2v) is 8.26. The second-order valence-electron chi connectivity index (χ2n) is 6.64. The third kappa shape index (κ3) is 3.75. The van der Waals surface area contributed by atoms with Crippen molar-refractivity contribution >= 4 is 46.0 Å². The van der Waals surface area contributed by atoms with E-state index in [1.807, 2.05) is 0 Å². The minimum absolute atomic E-state index is 0.120. The number of benzene rings is 1. The normalized spacial score (nSPS) is 31.6. The number of aliphatic imine (C=N–C) groups is 1. The quantitative estimate of drug-likeness (QED) is 0.794. The maximum absolute atomic E-state index is 12.2. The van der Waals surface area contributed by atoms with E-state index in [0.29, 0.717) is 27.7 Å². The average molecular weight is 376 g/mol. The molecule has 0 radical (unpaired) electrons. The number of anilines is 1. The minimum atomic E-state index is -0.430. The summed E-state index contributed by atoms with van der Waals surface area (Å²) in [6.07, 6.45) is 6.86. The number of amides is 2. The lowest BCUT2D eigenvalue weighted by atomic mass is 10.0. The highest BCUT2D eigenvalue weighted by Gasteiger charge is 2.38.